The van der Waals surface area contributed by atoms with Crippen molar-refractivity contribution in [3.8, 4) is 0 Å². The number of benzene rings is 1. The summed E-state index contributed by atoms with van der Waals surface area (Å²) in [5, 5.41) is 3.91. The fourth-order valence-corrected chi connectivity index (χ4v) is 2.25. The van der Waals surface area contributed by atoms with Gasteiger partial charge < -0.3 is 4.84 Å². The van der Waals surface area contributed by atoms with E-state index in [9.17, 15) is 4.79 Å². The number of Topliss-reactive ketones (excluding diaryl/α,β-unsaturated/α-hetero) is 1. The zero-order valence-corrected chi connectivity index (χ0v) is 9.15. The average Bonchev–Trinajstić information content (AvgIpc) is 2.59. The lowest BCUT2D eigenvalue weighted by Gasteiger charge is -2.26. The molecule has 80 valence electrons. The molecule has 3 nitrogen and oxygen atoms in total. The summed E-state index contributed by atoms with van der Waals surface area (Å²) < 4.78 is 0. The fourth-order valence-electron chi connectivity index (χ4n) is 2.25. The second kappa shape index (κ2) is 2.82. The summed E-state index contributed by atoms with van der Waals surface area (Å²) in [6, 6.07) is 7.55. The van der Waals surface area contributed by atoms with E-state index >= 15 is 0 Å². The Morgan fingerprint density at radius 3 is 2.88 bits per heavy atom. The summed E-state index contributed by atoms with van der Waals surface area (Å²) in [4.78, 5) is 17.6. The van der Waals surface area contributed by atoms with Crippen LogP contribution < -0.4 is 0 Å². The summed E-state index contributed by atoms with van der Waals surface area (Å²) in [6.07, 6.45) is 1.99. The minimum Gasteiger partial charge on any atom is -0.376 e. The van der Waals surface area contributed by atoms with Crippen LogP contribution in [0.25, 0.3) is 6.08 Å². The fraction of sp³-hybridized carbons (Fsp3) is 0.231. The third kappa shape index (κ3) is 0.975. The summed E-state index contributed by atoms with van der Waals surface area (Å²) in [5.41, 5.74) is 2.39. The largest absolute Gasteiger partial charge is 0.376 e. The Morgan fingerprint density at radius 2 is 2.06 bits per heavy atom. The molecule has 3 heteroatoms. The number of hydrogen-bond acceptors (Lipinski definition) is 3. The van der Waals surface area contributed by atoms with E-state index in [0.29, 0.717) is 5.56 Å². The molecular formula is C13H11NO2. The van der Waals surface area contributed by atoms with Crippen LogP contribution in [0.5, 0.6) is 0 Å². The number of ketones is 1. The summed E-state index contributed by atoms with van der Waals surface area (Å²) >= 11 is 0. The second-order valence-electron chi connectivity index (χ2n) is 4.28. The van der Waals surface area contributed by atoms with Gasteiger partial charge in [-0.15, -0.1) is 0 Å². The second-order valence-corrected chi connectivity index (χ2v) is 4.28. The van der Waals surface area contributed by atoms with Gasteiger partial charge in [0.1, 0.15) is 0 Å². The number of hydrogen-bond donors (Lipinski definition) is 0. The monoisotopic (exact) mass is 213 g/mol. The van der Waals surface area contributed by atoms with Gasteiger partial charge in [0.2, 0.25) is 11.4 Å². The predicted molar refractivity (Wildman–Crippen MR) is 61.3 cm³/mol. The molecule has 3 rings (SSSR count). The van der Waals surface area contributed by atoms with Gasteiger partial charge in [0, 0.05) is 11.1 Å². The summed E-state index contributed by atoms with van der Waals surface area (Å²) in [6.45, 7) is 3.63. The molecule has 16 heavy (non-hydrogen) atoms. The molecule has 1 aromatic carbocycles. The third-order valence-corrected chi connectivity index (χ3v) is 3.21. The zero-order chi connectivity index (χ0) is 11.3. The van der Waals surface area contributed by atoms with Crippen molar-refractivity contribution in [3.63, 3.8) is 0 Å². The third-order valence-electron chi connectivity index (χ3n) is 3.21. The number of carbonyl (C=O) groups is 1. The van der Waals surface area contributed by atoms with Gasteiger partial charge in [-0.25, -0.2) is 0 Å². The average molecular weight is 213 g/mol. The molecule has 0 spiro atoms. The van der Waals surface area contributed by atoms with Crippen molar-refractivity contribution in [1.82, 2.24) is 0 Å². The molecule has 0 saturated heterocycles. The molecule has 1 unspecified atom stereocenters. The molecule has 0 bridgehead atoms. The maximum absolute atomic E-state index is 12.3. The van der Waals surface area contributed by atoms with Gasteiger partial charge in [0.15, 0.2) is 0 Å². The van der Waals surface area contributed by atoms with E-state index in [1.165, 1.54) is 0 Å². The minimum atomic E-state index is -0.918. The van der Waals surface area contributed by atoms with Crippen molar-refractivity contribution in [3.05, 3.63) is 41.0 Å². The van der Waals surface area contributed by atoms with Crippen molar-refractivity contribution in [2.75, 3.05) is 0 Å². The highest BCUT2D eigenvalue weighted by Crippen LogP contribution is 2.38. The maximum atomic E-state index is 12.3. The maximum Gasteiger partial charge on any atom is 0.223 e. The van der Waals surface area contributed by atoms with E-state index in [0.717, 1.165) is 16.8 Å². The van der Waals surface area contributed by atoms with Crippen LogP contribution >= 0.6 is 0 Å². The first-order valence-electron chi connectivity index (χ1n) is 5.22. The van der Waals surface area contributed by atoms with E-state index in [-0.39, 0.29) is 5.78 Å². The van der Waals surface area contributed by atoms with Crippen LogP contribution in [0.1, 0.15) is 29.8 Å². The van der Waals surface area contributed by atoms with Crippen LogP contribution in [0.2, 0.25) is 0 Å². The molecule has 0 fully saturated rings. The van der Waals surface area contributed by atoms with Crippen molar-refractivity contribution in [2.45, 2.75) is 19.4 Å². The van der Waals surface area contributed by atoms with Crippen LogP contribution in [0.15, 0.2) is 35.0 Å². The smallest absolute Gasteiger partial charge is 0.223 e. The highest BCUT2D eigenvalue weighted by atomic mass is 16.7. The Morgan fingerprint density at radius 1 is 1.31 bits per heavy atom. The van der Waals surface area contributed by atoms with Gasteiger partial charge >= 0.3 is 0 Å². The molecule has 1 atom stereocenters. The number of nitrogens with zero attached hydrogens (tertiary/aromatic N) is 1. The Labute approximate surface area is 93.4 Å². The molecule has 1 heterocycles. The van der Waals surface area contributed by atoms with E-state index in [1.807, 2.05) is 37.3 Å². The molecular weight excluding hydrogens is 202 g/mol. The molecule has 0 saturated carbocycles. The Bertz CT molecular complexity index is 557. The van der Waals surface area contributed by atoms with Gasteiger partial charge in [-0.3, -0.25) is 4.79 Å². The van der Waals surface area contributed by atoms with Crippen molar-refractivity contribution in [2.24, 2.45) is 5.16 Å². The molecule has 0 amide bonds. The molecule has 0 N–H and O–H groups in total. The minimum absolute atomic E-state index is 0.0128. The first-order chi connectivity index (χ1) is 7.63. The van der Waals surface area contributed by atoms with Crippen LogP contribution in [0.3, 0.4) is 0 Å². The first kappa shape index (κ1) is 9.33. The highest BCUT2D eigenvalue weighted by Gasteiger charge is 2.48. The van der Waals surface area contributed by atoms with E-state index in [2.05, 4.69) is 5.16 Å². The Balaban J connectivity index is 2.29. The van der Waals surface area contributed by atoms with E-state index in [4.69, 9.17) is 4.84 Å². The van der Waals surface area contributed by atoms with Crippen molar-refractivity contribution < 1.29 is 9.63 Å². The van der Waals surface area contributed by atoms with Crippen LogP contribution in [-0.2, 0) is 4.84 Å². The Kier molecular flexibility index (Phi) is 1.64. The topological polar surface area (TPSA) is 38.7 Å². The normalized spacial score (nSPS) is 26.5. The lowest BCUT2D eigenvalue weighted by molar-refractivity contribution is 0.0208. The van der Waals surface area contributed by atoms with Gasteiger partial charge in [-0.05, 0) is 25.5 Å². The van der Waals surface area contributed by atoms with Crippen LogP contribution in [0.4, 0.5) is 0 Å². The van der Waals surface area contributed by atoms with Gasteiger partial charge in [-0.2, -0.15) is 0 Å². The number of fused-ring (bicyclic) bond motifs is 2. The molecule has 1 aliphatic carbocycles. The lowest BCUT2D eigenvalue weighted by atomic mass is 9.79. The van der Waals surface area contributed by atoms with E-state index in [1.54, 1.807) is 6.92 Å². The number of rotatable bonds is 0. The van der Waals surface area contributed by atoms with Crippen molar-refractivity contribution >= 4 is 17.6 Å². The van der Waals surface area contributed by atoms with E-state index < -0.39 is 5.60 Å². The predicted octanol–water partition coefficient (Wildman–Crippen LogP) is 2.43. The summed E-state index contributed by atoms with van der Waals surface area (Å²) in [7, 11) is 0. The quantitative estimate of drug-likeness (QED) is 0.663. The van der Waals surface area contributed by atoms with Crippen molar-refractivity contribution in [1.29, 1.82) is 0 Å². The van der Waals surface area contributed by atoms with Gasteiger partial charge in [0.25, 0.3) is 0 Å². The van der Waals surface area contributed by atoms with Crippen LogP contribution in [-0.4, -0.2) is 17.1 Å². The molecule has 1 aliphatic heterocycles. The molecule has 1 aromatic rings. The first-order valence-corrected chi connectivity index (χ1v) is 5.22. The standard InChI is InChI=1S/C13H11NO2/c1-8-11-7-9-5-3-4-6-10(9)12(15)13(11,2)16-14-8/h3-7H,1-2H3. The highest BCUT2D eigenvalue weighted by molar-refractivity contribution is 6.20. The number of oxime groups is 1. The SMILES string of the molecule is CC1=NOC2(C)C(=O)c3ccccc3C=C12. The molecule has 0 radical (unpaired) electrons. The van der Waals surface area contributed by atoms with Gasteiger partial charge in [-0.1, -0.05) is 29.4 Å². The molecule has 2 aliphatic rings. The van der Waals surface area contributed by atoms with Crippen LogP contribution in [0, 0.1) is 0 Å². The summed E-state index contributed by atoms with van der Waals surface area (Å²) in [5.74, 6) is -0.0128. The number of carbonyl (C=O) groups excluding carboxylic acids is 1. The zero-order valence-electron chi connectivity index (χ0n) is 9.15. The van der Waals surface area contributed by atoms with Gasteiger partial charge in [0.05, 0.1) is 5.71 Å². The molecule has 0 aromatic heterocycles. The Hall–Kier alpha value is -1.90. The lowest BCUT2D eigenvalue weighted by Crippen LogP contribution is -2.40.